The molecule has 3 N–H and O–H groups in total. The van der Waals surface area contributed by atoms with E-state index >= 15 is 0 Å². The van der Waals surface area contributed by atoms with E-state index in [1.807, 2.05) is 5.38 Å². The molecule has 1 aromatic heterocycles. The van der Waals surface area contributed by atoms with Crippen LogP contribution in [0.25, 0.3) is 0 Å². The standard InChI is InChI=1S/C12H18N2OS/c1-8-4-5-16-11(8)7-14-12(15)6-10(13)9-2-3-9/h4-5,9-10H,2-3,6-7,13H2,1H3,(H,14,15). The number of nitrogens with one attached hydrogen (secondary N) is 1. The van der Waals surface area contributed by atoms with Crippen LogP contribution in [-0.4, -0.2) is 11.9 Å². The predicted octanol–water partition coefficient (Wildman–Crippen LogP) is 1.80. The van der Waals surface area contributed by atoms with Crippen LogP contribution in [0.5, 0.6) is 0 Å². The molecule has 1 unspecified atom stereocenters. The molecule has 2 rings (SSSR count). The van der Waals surface area contributed by atoms with Gasteiger partial charge in [0.25, 0.3) is 0 Å². The average Bonchev–Trinajstić information content (AvgIpc) is 3.00. The van der Waals surface area contributed by atoms with Gasteiger partial charge in [0.2, 0.25) is 5.91 Å². The van der Waals surface area contributed by atoms with Crippen LogP contribution in [0.15, 0.2) is 11.4 Å². The monoisotopic (exact) mass is 238 g/mol. The minimum absolute atomic E-state index is 0.0597. The van der Waals surface area contributed by atoms with Crippen molar-refractivity contribution in [1.29, 1.82) is 0 Å². The van der Waals surface area contributed by atoms with E-state index in [1.165, 1.54) is 23.3 Å². The lowest BCUT2D eigenvalue weighted by atomic mass is 10.1. The van der Waals surface area contributed by atoms with E-state index in [4.69, 9.17) is 5.73 Å². The number of nitrogens with two attached hydrogens (primary N) is 1. The van der Waals surface area contributed by atoms with Gasteiger partial charge in [0, 0.05) is 17.3 Å². The SMILES string of the molecule is Cc1ccsc1CNC(=O)CC(N)C1CC1. The molecule has 1 heterocycles. The number of hydrogen-bond acceptors (Lipinski definition) is 3. The van der Waals surface area contributed by atoms with E-state index in [0.717, 1.165) is 0 Å². The van der Waals surface area contributed by atoms with Crippen LogP contribution in [0.3, 0.4) is 0 Å². The first kappa shape index (κ1) is 11.6. The Labute approximate surface area is 100 Å². The molecule has 0 bridgehead atoms. The van der Waals surface area contributed by atoms with Crippen molar-refractivity contribution in [3.8, 4) is 0 Å². The zero-order valence-electron chi connectivity index (χ0n) is 9.53. The molecule has 1 saturated carbocycles. The third-order valence-corrected chi connectivity index (χ3v) is 4.09. The third-order valence-electron chi connectivity index (χ3n) is 3.06. The van der Waals surface area contributed by atoms with Crippen molar-refractivity contribution in [3.63, 3.8) is 0 Å². The van der Waals surface area contributed by atoms with Gasteiger partial charge in [0.1, 0.15) is 0 Å². The minimum atomic E-state index is 0.0597. The molecule has 0 aromatic carbocycles. The molecule has 1 fully saturated rings. The number of amides is 1. The first-order valence-corrected chi connectivity index (χ1v) is 6.60. The van der Waals surface area contributed by atoms with Crippen molar-refractivity contribution in [2.24, 2.45) is 11.7 Å². The molecular weight excluding hydrogens is 220 g/mol. The lowest BCUT2D eigenvalue weighted by Crippen LogP contribution is -2.32. The lowest BCUT2D eigenvalue weighted by Gasteiger charge is -2.10. The molecule has 16 heavy (non-hydrogen) atoms. The summed E-state index contributed by atoms with van der Waals surface area (Å²) in [5.74, 6) is 0.668. The van der Waals surface area contributed by atoms with Gasteiger partial charge in [-0.2, -0.15) is 0 Å². The molecule has 0 spiro atoms. The highest BCUT2D eigenvalue weighted by molar-refractivity contribution is 7.10. The van der Waals surface area contributed by atoms with Gasteiger partial charge in [-0.3, -0.25) is 4.79 Å². The maximum absolute atomic E-state index is 11.6. The van der Waals surface area contributed by atoms with E-state index in [-0.39, 0.29) is 11.9 Å². The third kappa shape index (κ3) is 3.06. The molecule has 0 radical (unpaired) electrons. The Morgan fingerprint density at radius 2 is 2.44 bits per heavy atom. The summed E-state index contributed by atoms with van der Waals surface area (Å²) in [4.78, 5) is 12.8. The highest BCUT2D eigenvalue weighted by Gasteiger charge is 2.29. The van der Waals surface area contributed by atoms with Gasteiger partial charge in [-0.1, -0.05) is 0 Å². The first-order chi connectivity index (χ1) is 7.66. The van der Waals surface area contributed by atoms with Crippen LogP contribution in [0, 0.1) is 12.8 Å². The summed E-state index contributed by atoms with van der Waals surface area (Å²) in [6, 6.07) is 2.13. The Morgan fingerprint density at radius 3 is 3.00 bits per heavy atom. The summed E-state index contributed by atoms with van der Waals surface area (Å²) >= 11 is 1.68. The molecule has 1 aromatic rings. The molecule has 1 amide bonds. The number of aryl methyl sites for hydroxylation is 1. The Hall–Kier alpha value is -0.870. The van der Waals surface area contributed by atoms with Crippen molar-refractivity contribution >= 4 is 17.2 Å². The smallest absolute Gasteiger partial charge is 0.221 e. The zero-order chi connectivity index (χ0) is 11.5. The van der Waals surface area contributed by atoms with Gasteiger partial charge in [-0.05, 0) is 42.7 Å². The topological polar surface area (TPSA) is 55.1 Å². The van der Waals surface area contributed by atoms with Crippen molar-refractivity contribution in [2.45, 2.75) is 38.8 Å². The highest BCUT2D eigenvalue weighted by atomic mass is 32.1. The van der Waals surface area contributed by atoms with Crippen LogP contribution in [0.2, 0.25) is 0 Å². The summed E-state index contributed by atoms with van der Waals surface area (Å²) in [6.45, 7) is 2.70. The van der Waals surface area contributed by atoms with E-state index in [0.29, 0.717) is 18.9 Å². The van der Waals surface area contributed by atoms with Crippen molar-refractivity contribution in [3.05, 3.63) is 21.9 Å². The second kappa shape index (κ2) is 4.97. The summed E-state index contributed by atoms with van der Waals surface area (Å²) in [5, 5.41) is 4.98. The number of hydrogen-bond donors (Lipinski definition) is 2. The fourth-order valence-corrected chi connectivity index (χ4v) is 2.59. The van der Waals surface area contributed by atoms with Gasteiger partial charge >= 0.3 is 0 Å². The van der Waals surface area contributed by atoms with E-state index < -0.39 is 0 Å². The second-order valence-electron chi connectivity index (χ2n) is 4.51. The molecule has 3 nitrogen and oxygen atoms in total. The number of thiophene rings is 1. The van der Waals surface area contributed by atoms with Crippen LogP contribution in [0.4, 0.5) is 0 Å². The Kier molecular flexibility index (Phi) is 3.61. The normalized spacial score (nSPS) is 17.1. The van der Waals surface area contributed by atoms with Crippen LogP contribution >= 0.6 is 11.3 Å². The Morgan fingerprint density at radius 1 is 1.69 bits per heavy atom. The Bertz CT molecular complexity index is 371. The predicted molar refractivity (Wildman–Crippen MR) is 66.2 cm³/mol. The average molecular weight is 238 g/mol. The maximum Gasteiger partial charge on any atom is 0.221 e. The largest absolute Gasteiger partial charge is 0.351 e. The molecule has 0 aliphatic heterocycles. The van der Waals surface area contributed by atoms with Crippen molar-refractivity contribution < 1.29 is 4.79 Å². The van der Waals surface area contributed by atoms with Gasteiger partial charge < -0.3 is 11.1 Å². The zero-order valence-corrected chi connectivity index (χ0v) is 10.3. The van der Waals surface area contributed by atoms with Gasteiger partial charge in [-0.15, -0.1) is 11.3 Å². The Balaban J connectivity index is 1.73. The van der Waals surface area contributed by atoms with Crippen molar-refractivity contribution in [1.82, 2.24) is 5.32 Å². The maximum atomic E-state index is 11.6. The summed E-state index contributed by atoms with van der Waals surface area (Å²) in [5.41, 5.74) is 7.15. The van der Waals surface area contributed by atoms with Crippen LogP contribution in [0.1, 0.15) is 29.7 Å². The molecule has 0 saturated heterocycles. The molecule has 1 aliphatic rings. The molecular formula is C12H18N2OS. The highest BCUT2D eigenvalue weighted by Crippen LogP contribution is 2.32. The lowest BCUT2D eigenvalue weighted by molar-refractivity contribution is -0.121. The summed E-state index contributed by atoms with van der Waals surface area (Å²) in [7, 11) is 0. The number of carbonyl (C=O) groups excluding carboxylic acids is 1. The van der Waals surface area contributed by atoms with Crippen LogP contribution < -0.4 is 11.1 Å². The fraction of sp³-hybridized carbons (Fsp3) is 0.583. The van der Waals surface area contributed by atoms with E-state index in [9.17, 15) is 4.79 Å². The van der Waals surface area contributed by atoms with Gasteiger partial charge in [0.05, 0.1) is 6.54 Å². The first-order valence-electron chi connectivity index (χ1n) is 5.72. The second-order valence-corrected chi connectivity index (χ2v) is 5.51. The van der Waals surface area contributed by atoms with Gasteiger partial charge in [0.15, 0.2) is 0 Å². The number of rotatable bonds is 5. The molecule has 88 valence electrons. The van der Waals surface area contributed by atoms with Gasteiger partial charge in [-0.25, -0.2) is 0 Å². The summed E-state index contributed by atoms with van der Waals surface area (Å²) < 4.78 is 0. The quantitative estimate of drug-likeness (QED) is 0.822. The fourth-order valence-electron chi connectivity index (χ4n) is 1.74. The summed E-state index contributed by atoms with van der Waals surface area (Å²) in [6.07, 6.45) is 2.85. The van der Waals surface area contributed by atoms with Crippen LogP contribution in [-0.2, 0) is 11.3 Å². The van der Waals surface area contributed by atoms with E-state index in [2.05, 4.69) is 18.3 Å². The molecule has 1 aliphatic carbocycles. The number of carbonyl (C=O) groups is 1. The van der Waals surface area contributed by atoms with E-state index in [1.54, 1.807) is 11.3 Å². The van der Waals surface area contributed by atoms with Crippen molar-refractivity contribution in [2.75, 3.05) is 0 Å². The molecule has 4 heteroatoms. The molecule has 1 atom stereocenters. The minimum Gasteiger partial charge on any atom is -0.351 e.